The molecule has 0 saturated carbocycles. The fourth-order valence-corrected chi connectivity index (χ4v) is 10.2. The van der Waals surface area contributed by atoms with Gasteiger partial charge in [0.1, 0.15) is 11.2 Å². The summed E-state index contributed by atoms with van der Waals surface area (Å²) < 4.78 is 8.89. The van der Waals surface area contributed by atoms with Crippen molar-refractivity contribution in [3.05, 3.63) is 255 Å². The van der Waals surface area contributed by atoms with Crippen LogP contribution in [0.4, 0.5) is 17.1 Å². The zero-order valence-corrected chi connectivity index (χ0v) is 36.6. The third kappa shape index (κ3) is 6.59. The normalized spacial score (nSPS) is 11.6. The number of nitrogens with zero attached hydrogens (tertiary/aromatic N) is 2. The van der Waals surface area contributed by atoms with Crippen LogP contribution in [0.3, 0.4) is 0 Å². The molecule has 11 aromatic carbocycles. The zero-order chi connectivity index (χ0) is 44.3. The third-order valence-electron chi connectivity index (χ3n) is 13.4. The maximum Gasteiger partial charge on any atom is 0.143 e. The van der Waals surface area contributed by atoms with Crippen LogP contribution in [0.1, 0.15) is 0 Å². The van der Waals surface area contributed by atoms with Gasteiger partial charge in [-0.3, -0.25) is 0 Å². The zero-order valence-electron chi connectivity index (χ0n) is 36.6. The van der Waals surface area contributed by atoms with Crippen LogP contribution in [-0.4, -0.2) is 4.57 Å². The van der Waals surface area contributed by atoms with Crippen molar-refractivity contribution in [3.63, 3.8) is 0 Å². The van der Waals surface area contributed by atoms with Crippen molar-refractivity contribution < 1.29 is 4.42 Å². The van der Waals surface area contributed by atoms with Gasteiger partial charge in [-0.15, -0.1) is 0 Å². The molecule has 0 atom stereocenters. The molecule has 13 rings (SSSR count). The van der Waals surface area contributed by atoms with E-state index >= 15 is 0 Å². The fourth-order valence-electron chi connectivity index (χ4n) is 10.2. The second-order valence-corrected chi connectivity index (χ2v) is 17.3. The van der Waals surface area contributed by atoms with Crippen LogP contribution in [0.15, 0.2) is 259 Å². The molecule has 0 aliphatic rings. The Balaban J connectivity index is 0.910. The van der Waals surface area contributed by atoms with Crippen LogP contribution in [0.5, 0.6) is 0 Å². The quantitative estimate of drug-likeness (QED) is 0.152. The van der Waals surface area contributed by atoms with E-state index < -0.39 is 0 Å². The second kappa shape index (κ2) is 16.0. The number of furan rings is 1. The van der Waals surface area contributed by atoms with Crippen molar-refractivity contribution >= 4 is 71.6 Å². The lowest BCUT2D eigenvalue weighted by molar-refractivity contribution is 0.670. The predicted molar refractivity (Wildman–Crippen MR) is 282 cm³/mol. The topological polar surface area (TPSA) is 21.3 Å². The van der Waals surface area contributed by atoms with Gasteiger partial charge in [-0.05, 0) is 99.3 Å². The lowest BCUT2D eigenvalue weighted by atomic mass is 9.97. The number of fused-ring (bicyclic) bond motifs is 7. The van der Waals surface area contributed by atoms with Crippen LogP contribution in [0.25, 0.3) is 105 Å². The van der Waals surface area contributed by atoms with Gasteiger partial charge in [-0.25, -0.2) is 0 Å². The molecule has 0 bridgehead atoms. The summed E-state index contributed by atoms with van der Waals surface area (Å²) in [4.78, 5) is 2.40. The minimum Gasteiger partial charge on any atom is -0.455 e. The molecule has 0 amide bonds. The van der Waals surface area contributed by atoms with Crippen LogP contribution >= 0.6 is 0 Å². The summed E-state index contributed by atoms with van der Waals surface area (Å²) in [5, 5.41) is 7.21. The fraction of sp³-hybridized carbons (Fsp3) is 0. The van der Waals surface area contributed by atoms with Gasteiger partial charge in [-0.1, -0.05) is 194 Å². The van der Waals surface area contributed by atoms with E-state index in [1.54, 1.807) is 0 Å². The maximum absolute atomic E-state index is 6.48. The second-order valence-electron chi connectivity index (χ2n) is 17.3. The summed E-state index contributed by atoms with van der Waals surface area (Å²) in [6.45, 7) is 0. The molecule has 0 fully saturated rings. The first kappa shape index (κ1) is 38.5. The highest BCUT2D eigenvalue weighted by Gasteiger charge is 2.20. The van der Waals surface area contributed by atoms with Crippen molar-refractivity contribution in [3.8, 4) is 50.2 Å². The predicted octanol–water partition coefficient (Wildman–Crippen LogP) is 18.0. The SMILES string of the molecule is c1cc(-c2ccc(-c3ccccc3-n3c4ccccc4c4ccccc43)cc2)cc(N(c2ccc(-c3cccc4c3oc3ccccc34)cc2)c2ccccc2-c2ccc3ccccc3c2)c1. The molecule has 314 valence electrons. The highest BCUT2D eigenvalue weighted by molar-refractivity contribution is 6.11. The summed E-state index contributed by atoms with van der Waals surface area (Å²) in [6, 6.07) is 91.9. The number of aromatic nitrogens is 1. The Morgan fingerprint density at radius 3 is 1.69 bits per heavy atom. The van der Waals surface area contributed by atoms with E-state index in [2.05, 4.69) is 252 Å². The van der Waals surface area contributed by atoms with Crippen molar-refractivity contribution in [1.29, 1.82) is 0 Å². The Hall–Kier alpha value is -8.92. The Kier molecular flexibility index (Phi) is 9.17. The molecule has 0 unspecified atom stereocenters. The number of para-hydroxylation sites is 6. The van der Waals surface area contributed by atoms with Crippen LogP contribution in [0.2, 0.25) is 0 Å². The van der Waals surface area contributed by atoms with Gasteiger partial charge in [-0.2, -0.15) is 0 Å². The first-order valence-electron chi connectivity index (χ1n) is 22.9. The van der Waals surface area contributed by atoms with Gasteiger partial charge in [0, 0.05) is 49.6 Å². The van der Waals surface area contributed by atoms with Crippen molar-refractivity contribution in [2.75, 3.05) is 4.90 Å². The molecule has 0 radical (unpaired) electrons. The molecule has 3 nitrogen and oxygen atoms in total. The Labute approximate surface area is 388 Å². The highest BCUT2D eigenvalue weighted by atomic mass is 16.3. The standard InChI is InChI=1S/C64H42N2O/c1-2-16-47-41-49(36-33-43(47)15-1)53-20-4-8-26-59(53)65(50-39-37-46(38-40-50)54-24-14-25-58-57-23-7-12-30-63(57)67-64(54)58)51-18-13-17-48(42-51)44-31-34-45(35-32-44)52-19-3-9-27-60(52)66-61-28-10-5-21-55(61)56-22-6-11-29-62(56)66/h1-42H. The summed E-state index contributed by atoms with van der Waals surface area (Å²) in [5.74, 6) is 0. The van der Waals surface area contributed by atoms with E-state index in [0.29, 0.717) is 0 Å². The summed E-state index contributed by atoms with van der Waals surface area (Å²) in [6.07, 6.45) is 0. The largest absolute Gasteiger partial charge is 0.455 e. The van der Waals surface area contributed by atoms with Crippen molar-refractivity contribution in [1.82, 2.24) is 4.57 Å². The first-order valence-corrected chi connectivity index (χ1v) is 22.9. The van der Waals surface area contributed by atoms with Gasteiger partial charge in [0.15, 0.2) is 0 Å². The number of hydrogen-bond donors (Lipinski definition) is 0. The smallest absolute Gasteiger partial charge is 0.143 e. The lowest BCUT2D eigenvalue weighted by Gasteiger charge is -2.28. The number of benzene rings is 11. The first-order chi connectivity index (χ1) is 33.2. The van der Waals surface area contributed by atoms with Gasteiger partial charge in [0.25, 0.3) is 0 Å². The summed E-state index contributed by atoms with van der Waals surface area (Å²) in [7, 11) is 0. The van der Waals surface area contributed by atoms with Crippen LogP contribution < -0.4 is 4.90 Å². The van der Waals surface area contributed by atoms with Gasteiger partial charge < -0.3 is 13.9 Å². The minimum atomic E-state index is 0.900. The molecule has 0 spiro atoms. The monoisotopic (exact) mass is 854 g/mol. The Morgan fingerprint density at radius 1 is 0.313 bits per heavy atom. The van der Waals surface area contributed by atoms with Gasteiger partial charge in [0.2, 0.25) is 0 Å². The molecule has 0 aliphatic heterocycles. The number of hydrogen-bond acceptors (Lipinski definition) is 2. The van der Waals surface area contributed by atoms with Gasteiger partial charge >= 0.3 is 0 Å². The molecule has 2 aromatic heterocycles. The van der Waals surface area contributed by atoms with Crippen LogP contribution in [-0.2, 0) is 0 Å². The van der Waals surface area contributed by atoms with Crippen LogP contribution in [0, 0.1) is 0 Å². The summed E-state index contributed by atoms with van der Waals surface area (Å²) in [5.41, 5.74) is 17.7. The number of anilines is 3. The molecule has 67 heavy (non-hydrogen) atoms. The molecule has 0 aliphatic carbocycles. The van der Waals surface area contributed by atoms with Crippen molar-refractivity contribution in [2.45, 2.75) is 0 Å². The van der Waals surface area contributed by atoms with Gasteiger partial charge in [0.05, 0.1) is 22.4 Å². The average molecular weight is 855 g/mol. The lowest BCUT2D eigenvalue weighted by Crippen LogP contribution is -2.11. The maximum atomic E-state index is 6.48. The van der Waals surface area contributed by atoms with E-state index in [1.165, 1.54) is 49.3 Å². The molecule has 3 heteroatoms. The molecule has 0 saturated heterocycles. The molecule has 0 N–H and O–H groups in total. The molecular weight excluding hydrogens is 813 g/mol. The average Bonchev–Trinajstić information content (AvgIpc) is 3.95. The number of rotatable bonds is 8. The van der Waals surface area contributed by atoms with E-state index in [4.69, 9.17) is 4.42 Å². The van der Waals surface area contributed by atoms with E-state index in [0.717, 1.165) is 72.5 Å². The third-order valence-corrected chi connectivity index (χ3v) is 13.4. The van der Waals surface area contributed by atoms with E-state index in [-0.39, 0.29) is 0 Å². The Bertz CT molecular complexity index is 3930. The molecule has 13 aromatic rings. The van der Waals surface area contributed by atoms with E-state index in [9.17, 15) is 0 Å². The van der Waals surface area contributed by atoms with Crippen molar-refractivity contribution in [2.24, 2.45) is 0 Å². The minimum absolute atomic E-state index is 0.900. The molecule has 2 heterocycles. The highest BCUT2D eigenvalue weighted by Crippen LogP contribution is 2.44. The van der Waals surface area contributed by atoms with E-state index in [1.807, 2.05) is 12.1 Å². The molecular formula is C64H42N2O. The summed E-state index contributed by atoms with van der Waals surface area (Å²) >= 11 is 0. The Morgan fingerprint density at radius 2 is 0.881 bits per heavy atom.